The summed E-state index contributed by atoms with van der Waals surface area (Å²) in [4.78, 5) is 0. The summed E-state index contributed by atoms with van der Waals surface area (Å²) in [6, 6.07) is 11.1. The number of halogens is 1. The van der Waals surface area contributed by atoms with Crippen molar-refractivity contribution in [1.29, 1.82) is 0 Å². The summed E-state index contributed by atoms with van der Waals surface area (Å²) in [6.45, 7) is 0.713. The van der Waals surface area contributed by atoms with Crippen molar-refractivity contribution in [1.82, 2.24) is 0 Å². The van der Waals surface area contributed by atoms with Crippen molar-refractivity contribution in [2.45, 2.75) is 18.6 Å². The molecule has 2 aromatic rings. The minimum absolute atomic E-state index is 0.0895. The highest BCUT2D eigenvalue weighted by atomic mass is 79.9. The van der Waals surface area contributed by atoms with Gasteiger partial charge in [-0.2, -0.15) is 0 Å². The fourth-order valence-corrected chi connectivity index (χ4v) is 3.11. The number of rotatable bonds is 2. The standard InChI is InChI=1S/C16H16BrNO3/c17-11-4-1-9(2-5-11)16-12(7-18)14-10(8-21-16)3-6-13(19)15(14)20/h1-6,12,16,19-20H,7-8,18H2/t12?,16-/m1/s1. The van der Waals surface area contributed by atoms with Crippen molar-refractivity contribution >= 4 is 15.9 Å². The maximum absolute atomic E-state index is 10.2. The highest BCUT2D eigenvalue weighted by molar-refractivity contribution is 9.10. The zero-order valence-electron chi connectivity index (χ0n) is 11.3. The summed E-state index contributed by atoms with van der Waals surface area (Å²) in [5.74, 6) is -0.404. The van der Waals surface area contributed by atoms with E-state index in [0.717, 1.165) is 15.6 Å². The molecule has 1 unspecified atom stereocenters. The monoisotopic (exact) mass is 349 g/mol. The summed E-state index contributed by atoms with van der Waals surface area (Å²) in [5, 5.41) is 19.9. The second-order valence-electron chi connectivity index (χ2n) is 5.13. The molecule has 0 saturated carbocycles. The molecule has 0 saturated heterocycles. The van der Waals surface area contributed by atoms with Crippen LogP contribution in [0.15, 0.2) is 40.9 Å². The number of hydrogen-bond acceptors (Lipinski definition) is 4. The lowest BCUT2D eigenvalue weighted by molar-refractivity contribution is 0.00694. The van der Waals surface area contributed by atoms with Crippen molar-refractivity contribution in [2.75, 3.05) is 6.54 Å². The van der Waals surface area contributed by atoms with E-state index in [-0.39, 0.29) is 23.5 Å². The van der Waals surface area contributed by atoms with Crippen LogP contribution < -0.4 is 5.73 Å². The molecule has 1 aliphatic rings. The molecule has 0 fully saturated rings. The quantitative estimate of drug-likeness (QED) is 0.728. The van der Waals surface area contributed by atoms with Gasteiger partial charge in [0.15, 0.2) is 11.5 Å². The Morgan fingerprint density at radius 3 is 2.52 bits per heavy atom. The van der Waals surface area contributed by atoms with Crippen LogP contribution in [0.5, 0.6) is 11.5 Å². The van der Waals surface area contributed by atoms with E-state index in [0.29, 0.717) is 18.7 Å². The van der Waals surface area contributed by atoms with Gasteiger partial charge in [0.2, 0.25) is 0 Å². The number of ether oxygens (including phenoxy) is 1. The van der Waals surface area contributed by atoms with E-state index in [2.05, 4.69) is 15.9 Å². The van der Waals surface area contributed by atoms with Crippen molar-refractivity contribution in [2.24, 2.45) is 5.73 Å². The normalized spacial score (nSPS) is 21.0. The highest BCUT2D eigenvalue weighted by Gasteiger charge is 2.33. The number of phenols is 2. The lowest BCUT2D eigenvalue weighted by atomic mass is 9.83. The summed E-state index contributed by atoms with van der Waals surface area (Å²) in [5.41, 5.74) is 8.48. The van der Waals surface area contributed by atoms with Gasteiger partial charge in [0.05, 0.1) is 12.7 Å². The largest absolute Gasteiger partial charge is 0.504 e. The van der Waals surface area contributed by atoms with Crippen LogP contribution in [0, 0.1) is 0 Å². The van der Waals surface area contributed by atoms with Crippen LogP contribution in [0.4, 0.5) is 0 Å². The van der Waals surface area contributed by atoms with Gasteiger partial charge in [-0.25, -0.2) is 0 Å². The second-order valence-corrected chi connectivity index (χ2v) is 6.05. The Morgan fingerprint density at radius 1 is 1.14 bits per heavy atom. The first-order chi connectivity index (χ1) is 10.1. The van der Waals surface area contributed by atoms with Crippen LogP contribution in [0.25, 0.3) is 0 Å². The van der Waals surface area contributed by atoms with E-state index in [9.17, 15) is 10.2 Å². The predicted octanol–water partition coefficient (Wildman–Crippen LogP) is 3.17. The van der Waals surface area contributed by atoms with E-state index in [1.165, 1.54) is 6.07 Å². The Labute approximate surface area is 131 Å². The minimum atomic E-state index is -0.233. The Kier molecular flexibility index (Phi) is 3.89. The summed E-state index contributed by atoms with van der Waals surface area (Å²) < 4.78 is 6.93. The van der Waals surface area contributed by atoms with Gasteiger partial charge in [0.25, 0.3) is 0 Å². The van der Waals surface area contributed by atoms with E-state index < -0.39 is 0 Å². The fraction of sp³-hybridized carbons (Fsp3) is 0.250. The number of phenolic OH excluding ortho intramolecular Hbond substituents is 2. The summed E-state index contributed by atoms with van der Waals surface area (Å²) in [7, 11) is 0. The maximum atomic E-state index is 10.2. The first kappa shape index (κ1) is 14.4. The molecule has 0 radical (unpaired) electrons. The van der Waals surface area contributed by atoms with Crippen molar-refractivity contribution < 1.29 is 14.9 Å². The van der Waals surface area contributed by atoms with Gasteiger partial charge in [0, 0.05) is 22.5 Å². The summed E-state index contributed by atoms with van der Waals surface area (Å²) in [6.07, 6.45) is -0.233. The molecule has 2 atom stereocenters. The molecule has 5 heteroatoms. The van der Waals surface area contributed by atoms with Gasteiger partial charge in [-0.3, -0.25) is 0 Å². The average molecular weight is 350 g/mol. The average Bonchev–Trinajstić information content (AvgIpc) is 2.51. The zero-order chi connectivity index (χ0) is 15.0. The first-order valence-corrected chi connectivity index (χ1v) is 7.52. The molecule has 0 aliphatic carbocycles. The highest BCUT2D eigenvalue weighted by Crippen LogP contribution is 2.46. The van der Waals surface area contributed by atoms with Gasteiger partial charge in [-0.15, -0.1) is 0 Å². The Hall–Kier alpha value is -1.56. The zero-order valence-corrected chi connectivity index (χ0v) is 12.9. The van der Waals surface area contributed by atoms with E-state index in [1.54, 1.807) is 6.07 Å². The number of benzene rings is 2. The van der Waals surface area contributed by atoms with Gasteiger partial charge < -0.3 is 20.7 Å². The second kappa shape index (κ2) is 5.67. The predicted molar refractivity (Wildman–Crippen MR) is 83.2 cm³/mol. The van der Waals surface area contributed by atoms with Crippen molar-refractivity contribution in [3.63, 3.8) is 0 Å². The van der Waals surface area contributed by atoms with E-state index in [1.807, 2.05) is 24.3 Å². The molecule has 4 nitrogen and oxygen atoms in total. The van der Waals surface area contributed by atoms with Gasteiger partial charge >= 0.3 is 0 Å². The van der Waals surface area contributed by atoms with Gasteiger partial charge in [0.1, 0.15) is 0 Å². The molecule has 2 aromatic carbocycles. The fourth-order valence-electron chi connectivity index (χ4n) is 2.85. The molecular weight excluding hydrogens is 334 g/mol. The molecule has 21 heavy (non-hydrogen) atoms. The molecule has 0 amide bonds. The number of fused-ring (bicyclic) bond motifs is 1. The molecule has 3 rings (SSSR count). The first-order valence-electron chi connectivity index (χ1n) is 6.72. The third-order valence-corrected chi connectivity index (χ3v) is 4.42. The molecule has 0 spiro atoms. The molecule has 1 heterocycles. The third-order valence-electron chi connectivity index (χ3n) is 3.89. The van der Waals surface area contributed by atoms with Crippen molar-refractivity contribution in [3.8, 4) is 11.5 Å². The van der Waals surface area contributed by atoms with Crippen LogP contribution >= 0.6 is 15.9 Å². The molecule has 1 aliphatic heterocycles. The Bertz CT molecular complexity index is 657. The van der Waals surface area contributed by atoms with Crippen LogP contribution in [0.2, 0.25) is 0 Å². The minimum Gasteiger partial charge on any atom is -0.504 e. The van der Waals surface area contributed by atoms with Crippen LogP contribution in [-0.4, -0.2) is 16.8 Å². The lowest BCUT2D eigenvalue weighted by Gasteiger charge is -2.34. The Balaban J connectivity index is 2.06. The van der Waals surface area contributed by atoms with Gasteiger partial charge in [-0.1, -0.05) is 34.1 Å². The maximum Gasteiger partial charge on any atom is 0.161 e. The molecular formula is C16H16BrNO3. The molecule has 0 bridgehead atoms. The van der Waals surface area contributed by atoms with E-state index >= 15 is 0 Å². The van der Waals surface area contributed by atoms with Gasteiger partial charge in [-0.05, 0) is 29.3 Å². The SMILES string of the molecule is NCC1c2c(ccc(O)c2O)CO[C@@H]1c1ccc(Br)cc1. The van der Waals surface area contributed by atoms with E-state index in [4.69, 9.17) is 10.5 Å². The van der Waals surface area contributed by atoms with Crippen molar-refractivity contribution in [3.05, 3.63) is 57.6 Å². The molecule has 110 valence electrons. The Morgan fingerprint density at radius 2 is 1.86 bits per heavy atom. The van der Waals surface area contributed by atoms with Crippen LogP contribution in [-0.2, 0) is 11.3 Å². The molecule has 0 aromatic heterocycles. The number of aromatic hydroxyl groups is 2. The lowest BCUT2D eigenvalue weighted by Crippen LogP contribution is -2.27. The smallest absolute Gasteiger partial charge is 0.161 e. The van der Waals surface area contributed by atoms with Crippen LogP contribution in [0.1, 0.15) is 28.7 Å². The van der Waals surface area contributed by atoms with Crippen LogP contribution in [0.3, 0.4) is 0 Å². The topological polar surface area (TPSA) is 75.7 Å². The molecule has 4 N–H and O–H groups in total. The number of hydrogen-bond donors (Lipinski definition) is 3. The third kappa shape index (κ3) is 2.52. The number of nitrogens with two attached hydrogens (primary N) is 1. The summed E-state index contributed by atoms with van der Waals surface area (Å²) >= 11 is 3.41.